The molecule has 1 amide bonds. The maximum Gasteiger partial charge on any atom is 0.228 e. The van der Waals surface area contributed by atoms with Crippen LogP contribution in [0.15, 0.2) is 23.6 Å². The van der Waals surface area contributed by atoms with E-state index in [0.29, 0.717) is 6.54 Å². The van der Waals surface area contributed by atoms with Gasteiger partial charge < -0.3 is 10.0 Å². The summed E-state index contributed by atoms with van der Waals surface area (Å²) < 4.78 is 1.63. The highest BCUT2D eigenvalue weighted by Crippen LogP contribution is 2.21. The van der Waals surface area contributed by atoms with E-state index in [1.807, 2.05) is 0 Å². The Bertz CT molecular complexity index is 438. The number of hydrogen-bond donors (Lipinski definition) is 1. The SMILES string of the molecule is [N-]=[N+]=NCC(=O)N1C[C@H](O)[C@@H](n2cccn2)C1. The molecule has 2 atom stereocenters. The molecule has 1 aromatic heterocycles. The molecule has 2 rings (SSSR count). The first-order chi connectivity index (χ1) is 8.22. The predicted octanol–water partition coefficient (Wildman–Crippen LogP) is -0.0624. The summed E-state index contributed by atoms with van der Waals surface area (Å²) in [6.45, 7) is 0.405. The van der Waals surface area contributed by atoms with Crippen molar-refractivity contribution in [3.63, 3.8) is 0 Å². The Balaban J connectivity index is 2.02. The number of β-amino-alcohol motifs (C(OH)–C–C–N with tert-alkyl or cyclic N) is 1. The van der Waals surface area contributed by atoms with Crippen molar-refractivity contribution < 1.29 is 9.90 Å². The summed E-state index contributed by atoms with van der Waals surface area (Å²) in [5, 5.41) is 17.1. The summed E-state index contributed by atoms with van der Waals surface area (Å²) in [7, 11) is 0. The predicted molar refractivity (Wildman–Crippen MR) is 57.9 cm³/mol. The van der Waals surface area contributed by atoms with Gasteiger partial charge in [0.05, 0.1) is 12.1 Å². The molecular weight excluding hydrogens is 224 g/mol. The summed E-state index contributed by atoms with van der Waals surface area (Å²) in [5.41, 5.74) is 8.14. The van der Waals surface area contributed by atoms with Gasteiger partial charge in [0.15, 0.2) is 0 Å². The van der Waals surface area contributed by atoms with E-state index in [0.717, 1.165) is 0 Å². The van der Waals surface area contributed by atoms with Crippen molar-refractivity contribution in [1.82, 2.24) is 14.7 Å². The molecule has 8 nitrogen and oxygen atoms in total. The van der Waals surface area contributed by atoms with E-state index in [1.165, 1.54) is 4.90 Å². The second-order valence-corrected chi connectivity index (χ2v) is 3.81. The molecule has 1 N–H and O–H groups in total. The van der Waals surface area contributed by atoms with Crippen molar-refractivity contribution >= 4 is 5.91 Å². The summed E-state index contributed by atoms with van der Waals surface area (Å²) in [6.07, 6.45) is 2.72. The fourth-order valence-corrected chi connectivity index (χ4v) is 1.90. The van der Waals surface area contributed by atoms with Crippen molar-refractivity contribution in [3.05, 3.63) is 28.9 Å². The average molecular weight is 236 g/mol. The molecule has 0 unspecified atom stereocenters. The summed E-state index contributed by atoms with van der Waals surface area (Å²) in [5.74, 6) is -0.281. The lowest BCUT2D eigenvalue weighted by Crippen LogP contribution is -2.31. The topological polar surface area (TPSA) is 107 Å². The van der Waals surface area contributed by atoms with E-state index in [2.05, 4.69) is 15.1 Å². The Labute approximate surface area is 97.1 Å². The highest BCUT2D eigenvalue weighted by Gasteiger charge is 2.34. The number of hydrogen-bond acceptors (Lipinski definition) is 4. The summed E-state index contributed by atoms with van der Waals surface area (Å²) in [6, 6.07) is 1.52. The lowest BCUT2D eigenvalue weighted by molar-refractivity contribution is -0.129. The van der Waals surface area contributed by atoms with Crippen LogP contribution >= 0.6 is 0 Å². The minimum absolute atomic E-state index is 0.213. The van der Waals surface area contributed by atoms with Gasteiger partial charge in [0.1, 0.15) is 6.54 Å². The van der Waals surface area contributed by atoms with Gasteiger partial charge in [0, 0.05) is 30.4 Å². The molecule has 1 aliphatic rings. The molecule has 0 aromatic carbocycles. The van der Waals surface area contributed by atoms with Crippen LogP contribution in [0.2, 0.25) is 0 Å². The zero-order valence-electron chi connectivity index (χ0n) is 9.05. The number of amides is 1. The summed E-state index contributed by atoms with van der Waals surface area (Å²) in [4.78, 5) is 15.6. The number of carbonyl (C=O) groups is 1. The maximum atomic E-state index is 11.6. The number of likely N-dealkylation sites (tertiary alicyclic amines) is 1. The zero-order chi connectivity index (χ0) is 12.3. The van der Waals surface area contributed by atoms with E-state index in [4.69, 9.17) is 5.53 Å². The lowest BCUT2D eigenvalue weighted by atomic mass is 10.2. The lowest BCUT2D eigenvalue weighted by Gasteiger charge is -2.14. The van der Waals surface area contributed by atoms with E-state index in [9.17, 15) is 9.90 Å². The van der Waals surface area contributed by atoms with Gasteiger partial charge in [-0.15, -0.1) is 0 Å². The number of aromatic nitrogens is 2. The molecule has 17 heavy (non-hydrogen) atoms. The number of aliphatic hydroxyl groups is 1. The molecule has 8 heteroatoms. The Morgan fingerprint density at radius 1 is 1.65 bits per heavy atom. The first-order valence-corrected chi connectivity index (χ1v) is 5.18. The fourth-order valence-electron chi connectivity index (χ4n) is 1.90. The number of carbonyl (C=O) groups excluding carboxylic acids is 1. The average Bonchev–Trinajstić information content (AvgIpc) is 2.94. The fraction of sp³-hybridized carbons (Fsp3) is 0.556. The van der Waals surface area contributed by atoms with Crippen LogP contribution in [0.25, 0.3) is 10.4 Å². The van der Waals surface area contributed by atoms with Gasteiger partial charge in [-0.1, -0.05) is 5.11 Å². The molecule has 0 aliphatic carbocycles. The van der Waals surface area contributed by atoms with Gasteiger partial charge in [0.25, 0.3) is 0 Å². The minimum Gasteiger partial charge on any atom is -0.389 e. The van der Waals surface area contributed by atoms with Gasteiger partial charge >= 0.3 is 0 Å². The third kappa shape index (κ3) is 2.38. The van der Waals surface area contributed by atoms with Crippen LogP contribution in [0.5, 0.6) is 0 Å². The highest BCUT2D eigenvalue weighted by atomic mass is 16.3. The van der Waals surface area contributed by atoms with E-state index in [-0.39, 0.29) is 25.0 Å². The molecule has 0 spiro atoms. The van der Waals surface area contributed by atoms with Crippen molar-refractivity contribution in [2.24, 2.45) is 5.11 Å². The van der Waals surface area contributed by atoms with Crippen LogP contribution in [0.3, 0.4) is 0 Å². The van der Waals surface area contributed by atoms with E-state index < -0.39 is 6.10 Å². The third-order valence-electron chi connectivity index (χ3n) is 2.75. The number of rotatable bonds is 3. The van der Waals surface area contributed by atoms with Gasteiger partial charge in [-0.25, -0.2) is 0 Å². The van der Waals surface area contributed by atoms with Crippen LogP contribution in [-0.2, 0) is 4.79 Å². The highest BCUT2D eigenvalue weighted by molar-refractivity contribution is 5.78. The van der Waals surface area contributed by atoms with Gasteiger partial charge in [-0.3, -0.25) is 9.48 Å². The van der Waals surface area contributed by atoms with Gasteiger partial charge in [0.2, 0.25) is 5.91 Å². The van der Waals surface area contributed by atoms with Crippen LogP contribution in [0.4, 0.5) is 0 Å². The largest absolute Gasteiger partial charge is 0.389 e. The molecule has 1 saturated heterocycles. The zero-order valence-corrected chi connectivity index (χ0v) is 9.05. The van der Waals surface area contributed by atoms with Crippen LogP contribution in [0, 0.1) is 0 Å². The van der Waals surface area contributed by atoms with Gasteiger partial charge in [-0.05, 0) is 11.6 Å². The molecule has 0 saturated carbocycles. The quantitative estimate of drug-likeness (QED) is 0.451. The Kier molecular flexibility index (Phi) is 3.27. The van der Waals surface area contributed by atoms with Crippen LogP contribution in [0.1, 0.15) is 6.04 Å². The Hall–Kier alpha value is -2.05. The van der Waals surface area contributed by atoms with E-state index in [1.54, 1.807) is 23.1 Å². The summed E-state index contributed by atoms with van der Waals surface area (Å²) >= 11 is 0. The molecule has 2 heterocycles. The normalized spacial score (nSPS) is 23.5. The van der Waals surface area contributed by atoms with Gasteiger partial charge in [-0.2, -0.15) is 5.10 Å². The second kappa shape index (κ2) is 4.86. The number of aliphatic hydroxyl groups excluding tert-OH is 1. The number of azide groups is 1. The van der Waals surface area contributed by atoms with Crippen molar-refractivity contribution in [1.29, 1.82) is 0 Å². The van der Waals surface area contributed by atoms with E-state index >= 15 is 0 Å². The molecule has 1 aliphatic heterocycles. The smallest absolute Gasteiger partial charge is 0.228 e. The van der Waals surface area contributed by atoms with Crippen molar-refractivity contribution in [2.45, 2.75) is 12.1 Å². The standard InChI is InChI=1S/C9H12N6O2/c10-13-11-4-9(17)14-5-7(8(16)6-14)15-3-1-2-12-15/h1-3,7-8,16H,4-6H2/t7-,8-/m0/s1. The molecule has 90 valence electrons. The first kappa shape index (κ1) is 11.4. The van der Waals surface area contributed by atoms with Crippen molar-refractivity contribution in [3.8, 4) is 0 Å². The molecule has 0 bridgehead atoms. The monoisotopic (exact) mass is 236 g/mol. The van der Waals surface area contributed by atoms with Crippen LogP contribution < -0.4 is 0 Å². The van der Waals surface area contributed by atoms with Crippen molar-refractivity contribution in [2.75, 3.05) is 19.6 Å². The molecular formula is C9H12N6O2. The first-order valence-electron chi connectivity index (χ1n) is 5.18. The Morgan fingerprint density at radius 3 is 3.12 bits per heavy atom. The molecule has 0 radical (unpaired) electrons. The van der Waals surface area contributed by atoms with Crippen LogP contribution in [-0.4, -0.2) is 51.4 Å². The maximum absolute atomic E-state index is 11.6. The number of nitrogens with zero attached hydrogens (tertiary/aromatic N) is 6. The Morgan fingerprint density at radius 2 is 2.47 bits per heavy atom. The third-order valence-corrected chi connectivity index (χ3v) is 2.75. The molecule has 1 fully saturated rings. The molecule has 1 aromatic rings. The minimum atomic E-state index is -0.648. The second-order valence-electron chi connectivity index (χ2n) is 3.81.